The Morgan fingerprint density at radius 3 is 2.00 bits per heavy atom. The molecule has 2 atom stereocenters. The second-order valence-corrected chi connectivity index (χ2v) is 7.41. The van der Waals surface area contributed by atoms with Crippen molar-refractivity contribution in [2.75, 3.05) is 39.4 Å². The highest BCUT2D eigenvalue weighted by Gasteiger charge is 2.42. The molecular formula is C16H32N2O2. The quantitative estimate of drug-likeness (QED) is 0.714. The molecule has 0 amide bonds. The minimum atomic E-state index is -0.0149. The molecule has 2 aliphatic rings. The van der Waals surface area contributed by atoms with Crippen molar-refractivity contribution in [1.82, 2.24) is 9.80 Å². The summed E-state index contributed by atoms with van der Waals surface area (Å²) in [5.41, 5.74) is -0.0149. The third-order valence-corrected chi connectivity index (χ3v) is 4.21. The molecule has 0 radical (unpaired) electrons. The molecule has 0 aromatic carbocycles. The monoisotopic (exact) mass is 284 g/mol. The average molecular weight is 284 g/mol. The molecule has 0 unspecified atom stereocenters. The van der Waals surface area contributed by atoms with E-state index in [4.69, 9.17) is 9.47 Å². The zero-order valence-electron chi connectivity index (χ0n) is 13.9. The van der Waals surface area contributed by atoms with Gasteiger partial charge in [-0.25, -0.2) is 0 Å². The standard InChI is InChI=1S/C16H32N2O2/c1-13(2)19-8-6-17-11-15-10-14(17)12-18(15)7-9-20-16(3,4)5/h13-15H,6-12H2,1-5H3/t14-,15-/m0/s1. The van der Waals surface area contributed by atoms with Gasteiger partial charge in [-0.2, -0.15) is 0 Å². The van der Waals surface area contributed by atoms with Crippen LogP contribution in [0.25, 0.3) is 0 Å². The van der Waals surface area contributed by atoms with Crippen molar-refractivity contribution >= 4 is 0 Å². The summed E-state index contributed by atoms with van der Waals surface area (Å²) in [7, 11) is 0. The predicted molar refractivity (Wildman–Crippen MR) is 82.1 cm³/mol. The largest absolute Gasteiger partial charge is 0.377 e. The Labute approximate surface area is 124 Å². The fourth-order valence-corrected chi connectivity index (χ4v) is 3.25. The predicted octanol–water partition coefficient (Wildman–Crippen LogP) is 1.98. The lowest BCUT2D eigenvalue weighted by Gasteiger charge is -2.34. The summed E-state index contributed by atoms with van der Waals surface area (Å²) in [6, 6.07) is 1.48. The van der Waals surface area contributed by atoms with Crippen molar-refractivity contribution in [2.24, 2.45) is 0 Å². The number of ether oxygens (including phenoxy) is 2. The van der Waals surface area contributed by atoms with Crippen LogP contribution in [0.1, 0.15) is 41.0 Å². The summed E-state index contributed by atoms with van der Waals surface area (Å²) in [5.74, 6) is 0. The fourth-order valence-electron chi connectivity index (χ4n) is 3.25. The number of likely N-dealkylation sites (tertiary alicyclic amines) is 2. The molecule has 20 heavy (non-hydrogen) atoms. The molecule has 0 aromatic rings. The van der Waals surface area contributed by atoms with Gasteiger partial charge in [0.25, 0.3) is 0 Å². The summed E-state index contributed by atoms with van der Waals surface area (Å²) in [4.78, 5) is 5.21. The highest BCUT2D eigenvalue weighted by atomic mass is 16.5. The molecule has 0 N–H and O–H groups in total. The molecule has 0 saturated carbocycles. The van der Waals surface area contributed by atoms with Gasteiger partial charge in [0.1, 0.15) is 0 Å². The van der Waals surface area contributed by atoms with E-state index in [0.29, 0.717) is 6.10 Å². The number of hydrogen-bond donors (Lipinski definition) is 0. The van der Waals surface area contributed by atoms with Gasteiger partial charge >= 0.3 is 0 Å². The van der Waals surface area contributed by atoms with E-state index in [1.165, 1.54) is 19.5 Å². The SMILES string of the molecule is CC(C)OCCN1C[C@@H]2C[C@H]1CN2CCOC(C)(C)C. The molecule has 2 bridgehead atoms. The molecule has 118 valence electrons. The second-order valence-electron chi connectivity index (χ2n) is 7.41. The molecule has 4 nitrogen and oxygen atoms in total. The number of piperazine rings is 1. The lowest BCUT2D eigenvalue weighted by atomic mass is 10.2. The van der Waals surface area contributed by atoms with Gasteiger partial charge in [0, 0.05) is 38.3 Å². The molecule has 2 fully saturated rings. The van der Waals surface area contributed by atoms with Gasteiger partial charge in [0.15, 0.2) is 0 Å². The molecule has 4 heteroatoms. The van der Waals surface area contributed by atoms with Crippen molar-refractivity contribution < 1.29 is 9.47 Å². The van der Waals surface area contributed by atoms with Gasteiger partial charge in [0.2, 0.25) is 0 Å². The summed E-state index contributed by atoms with van der Waals surface area (Å²) >= 11 is 0. The third-order valence-electron chi connectivity index (χ3n) is 4.21. The summed E-state index contributed by atoms with van der Waals surface area (Å²) < 4.78 is 11.5. The molecule has 0 spiro atoms. The van der Waals surface area contributed by atoms with Gasteiger partial charge < -0.3 is 9.47 Å². The van der Waals surface area contributed by atoms with E-state index in [1.807, 2.05) is 0 Å². The highest BCUT2D eigenvalue weighted by molar-refractivity contribution is 4.99. The van der Waals surface area contributed by atoms with Crippen molar-refractivity contribution in [3.63, 3.8) is 0 Å². The molecular weight excluding hydrogens is 252 g/mol. The first-order valence-corrected chi connectivity index (χ1v) is 8.09. The van der Waals surface area contributed by atoms with E-state index in [-0.39, 0.29) is 5.60 Å². The zero-order valence-corrected chi connectivity index (χ0v) is 13.9. The van der Waals surface area contributed by atoms with Crippen molar-refractivity contribution in [3.05, 3.63) is 0 Å². The maximum absolute atomic E-state index is 5.84. The highest BCUT2D eigenvalue weighted by Crippen LogP contribution is 2.30. The van der Waals surface area contributed by atoms with Crippen molar-refractivity contribution in [2.45, 2.75) is 64.8 Å². The van der Waals surface area contributed by atoms with Crippen LogP contribution in [0.15, 0.2) is 0 Å². The Bertz CT molecular complexity index is 301. The Morgan fingerprint density at radius 1 is 1.00 bits per heavy atom. The van der Waals surface area contributed by atoms with Crippen molar-refractivity contribution in [3.8, 4) is 0 Å². The van der Waals surface area contributed by atoms with Crippen LogP contribution in [-0.4, -0.2) is 73.0 Å². The molecule has 2 saturated heterocycles. The summed E-state index contributed by atoms with van der Waals surface area (Å²) in [5, 5.41) is 0. The van der Waals surface area contributed by atoms with E-state index in [1.54, 1.807) is 0 Å². The topological polar surface area (TPSA) is 24.9 Å². The maximum Gasteiger partial charge on any atom is 0.0600 e. The lowest BCUT2D eigenvalue weighted by Crippen LogP contribution is -2.48. The minimum Gasteiger partial charge on any atom is -0.377 e. The maximum atomic E-state index is 5.84. The molecule has 2 rings (SSSR count). The van der Waals surface area contributed by atoms with E-state index in [2.05, 4.69) is 44.4 Å². The number of hydrogen-bond acceptors (Lipinski definition) is 4. The molecule has 2 aliphatic heterocycles. The number of nitrogens with zero attached hydrogens (tertiary/aromatic N) is 2. The summed E-state index contributed by atoms with van der Waals surface area (Å²) in [6.45, 7) is 16.9. The fraction of sp³-hybridized carbons (Fsp3) is 1.00. The van der Waals surface area contributed by atoms with Crippen LogP contribution in [0.2, 0.25) is 0 Å². The summed E-state index contributed by atoms with van der Waals surface area (Å²) in [6.07, 6.45) is 1.68. The van der Waals surface area contributed by atoms with E-state index < -0.39 is 0 Å². The van der Waals surface area contributed by atoms with Crippen LogP contribution in [0.4, 0.5) is 0 Å². The first-order chi connectivity index (χ1) is 9.35. The van der Waals surface area contributed by atoms with Crippen LogP contribution in [0.3, 0.4) is 0 Å². The smallest absolute Gasteiger partial charge is 0.0600 e. The number of fused-ring (bicyclic) bond motifs is 2. The zero-order chi connectivity index (χ0) is 14.8. The molecule has 0 aromatic heterocycles. The second kappa shape index (κ2) is 6.73. The van der Waals surface area contributed by atoms with Crippen LogP contribution < -0.4 is 0 Å². The van der Waals surface area contributed by atoms with Crippen LogP contribution >= 0.6 is 0 Å². The molecule has 0 aliphatic carbocycles. The third kappa shape index (κ3) is 4.69. The Morgan fingerprint density at radius 2 is 1.55 bits per heavy atom. The van der Waals surface area contributed by atoms with Crippen molar-refractivity contribution in [1.29, 1.82) is 0 Å². The van der Waals surface area contributed by atoms with Gasteiger partial charge in [-0.3, -0.25) is 9.80 Å². The van der Waals surface area contributed by atoms with Crippen LogP contribution in [0, 0.1) is 0 Å². The minimum absolute atomic E-state index is 0.0149. The molecule has 2 heterocycles. The lowest BCUT2D eigenvalue weighted by molar-refractivity contribution is -0.0203. The van der Waals surface area contributed by atoms with Crippen LogP contribution in [0.5, 0.6) is 0 Å². The van der Waals surface area contributed by atoms with Gasteiger partial charge in [-0.05, 0) is 41.0 Å². The van der Waals surface area contributed by atoms with E-state index in [9.17, 15) is 0 Å². The Balaban J connectivity index is 1.64. The normalized spacial score (nSPS) is 27.9. The Kier molecular flexibility index (Phi) is 5.46. The first-order valence-electron chi connectivity index (χ1n) is 8.09. The first kappa shape index (κ1) is 16.2. The number of rotatable bonds is 7. The Hall–Kier alpha value is -0.160. The van der Waals surface area contributed by atoms with Gasteiger partial charge in [0.05, 0.1) is 24.9 Å². The van der Waals surface area contributed by atoms with Gasteiger partial charge in [-0.15, -0.1) is 0 Å². The van der Waals surface area contributed by atoms with E-state index >= 15 is 0 Å². The van der Waals surface area contributed by atoms with Gasteiger partial charge in [-0.1, -0.05) is 0 Å². The average Bonchev–Trinajstić information content (AvgIpc) is 2.86. The van der Waals surface area contributed by atoms with Crippen LogP contribution in [-0.2, 0) is 9.47 Å². The van der Waals surface area contributed by atoms with E-state index in [0.717, 1.165) is 38.4 Å².